The zero-order valence-corrected chi connectivity index (χ0v) is 10.6. The summed E-state index contributed by atoms with van der Waals surface area (Å²) in [5.41, 5.74) is 1.29. The largest absolute Gasteiger partial charge is 0.290 e. The molecule has 2 rings (SSSR count). The van der Waals surface area contributed by atoms with Gasteiger partial charge in [-0.3, -0.25) is 9.88 Å². The van der Waals surface area contributed by atoms with Crippen LogP contribution in [0.2, 0.25) is 0 Å². The minimum absolute atomic E-state index is 0.903. The molecule has 0 bridgehead atoms. The molecule has 0 saturated heterocycles. The molecule has 0 unspecified atom stereocenters. The van der Waals surface area contributed by atoms with Crippen molar-refractivity contribution in [1.82, 2.24) is 9.88 Å². The van der Waals surface area contributed by atoms with Crippen molar-refractivity contribution in [3.8, 4) is 0 Å². The fraction of sp³-hybridized carbons (Fsp3) is 0.214. The number of thiophene rings is 1. The molecule has 0 aliphatic carbocycles. The summed E-state index contributed by atoms with van der Waals surface area (Å²) in [6.07, 6.45) is 5.63. The highest BCUT2D eigenvalue weighted by molar-refractivity contribution is 7.09. The smallest absolute Gasteiger partial charge is 0.0334 e. The van der Waals surface area contributed by atoms with Crippen molar-refractivity contribution in [2.45, 2.75) is 13.1 Å². The summed E-state index contributed by atoms with van der Waals surface area (Å²) in [4.78, 5) is 7.80. The second-order valence-electron chi connectivity index (χ2n) is 3.89. The van der Waals surface area contributed by atoms with Crippen LogP contribution in [-0.4, -0.2) is 16.4 Å². The lowest BCUT2D eigenvalue weighted by Crippen LogP contribution is -2.22. The Morgan fingerprint density at radius 2 is 2.06 bits per heavy atom. The molecule has 3 heteroatoms. The van der Waals surface area contributed by atoms with Crippen molar-refractivity contribution < 1.29 is 0 Å². The van der Waals surface area contributed by atoms with E-state index in [9.17, 15) is 0 Å². The molecule has 0 radical (unpaired) electrons. The van der Waals surface area contributed by atoms with Crippen molar-refractivity contribution in [3.63, 3.8) is 0 Å². The Kier molecular flexibility index (Phi) is 4.47. The Labute approximate surface area is 106 Å². The van der Waals surface area contributed by atoms with Gasteiger partial charge in [-0.05, 0) is 29.1 Å². The standard InChI is InChI=1S/C14H16N2S/c1-2-9-16(12-14-4-3-10-17-14)11-13-5-7-15-8-6-13/h2-8,10H,1,9,11-12H2. The summed E-state index contributed by atoms with van der Waals surface area (Å²) in [6, 6.07) is 8.39. The molecule has 17 heavy (non-hydrogen) atoms. The molecular formula is C14H16N2S. The zero-order valence-electron chi connectivity index (χ0n) is 9.75. The van der Waals surface area contributed by atoms with Crippen LogP contribution in [0.4, 0.5) is 0 Å². The molecule has 0 amide bonds. The molecule has 0 aliphatic heterocycles. The molecule has 0 aliphatic rings. The van der Waals surface area contributed by atoms with Crippen LogP contribution < -0.4 is 0 Å². The van der Waals surface area contributed by atoms with Crippen molar-refractivity contribution >= 4 is 11.3 Å². The van der Waals surface area contributed by atoms with Gasteiger partial charge in [-0.25, -0.2) is 0 Å². The van der Waals surface area contributed by atoms with Crippen LogP contribution in [0, 0.1) is 0 Å². The van der Waals surface area contributed by atoms with E-state index in [1.807, 2.05) is 18.5 Å². The minimum atomic E-state index is 0.903. The van der Waals surface area contributed by atoms with E-state index in [0.717, 1.165) is 19.6 Å². The van der Waals surface area contributed by atoms with Crippen LogP contribution >= 0.6 is 11.3 Å². The summed E-state index contributed by atoms with van der Waals surface area (Å²) < 4.78 is 0. The summed E-state index contributed by atoms with van der Waals surface area (Å²) in [7, 11) is 0. The molecular weight excluding hydrogens is 228 g/mol. The van der Waals surface area contributed by atoms with Crippen molar-refractivity contribution in [2.75, 3.05) is 6.54 Å². The summed E-state index contributed by atoms with van der Waals surface area (Å²) in [6.45, 7) is 6.64. The van der Waals surface area contributed by atoms with Gasteiger partial charge in [-0.15, -0.1) is 17.9 Å². The van der Waals surface area contributed by atoms with Gasteiger partial charge < -0.3 is 0 Å². The van der Waals surface area contributed by atoms with Crippen LogP contribution in [0.1, 0.15) is 10.4 Å². The van der Waals surface area contributed by atoms with E-state index in [1.165, 1.54) is 10.4 Å². The number of nitrogens with zero attached hydrogens (tertiary/aromatic N) is 2. The maximum Gasteiger partial charge on any atom is 0.0334 e. The lowest BCUT2D eigenvalue weighted by molar-refractivity contribution is 0.288. The fourth-order valence-electron chi connectivity index (χ4n) is 1.74. The number of pyridine rings is 1. The van der Waals surface area contributed by atoms with Gasteiger partial charge in [-0.2, -0.15) is 0 Å². The Hall–Kier alpha value is -1.45. The lowest BCUT2D eigenvalue weighted by Gasteiger charge is -2.19. The Balaban J connectivity index is 2.00. The minimum Gasteiger partial charge on any atom is -0.290 e. The van der Waals surface area contributed by atoms with Crippen LogP contribution in [0.5, 0.6) is 0 Å². The third-order valence-corrected chi connectivity index (χ3v) is 3.36. The van der Waals surface area contributed by atoms with Gasteiger partial charge >= 0.3 is 0 Å². The molecule has 0 saturated carbocycles. The second-order valence-corrected chi connectivity index (χ2v) is 4.93. The third kappa shape index (κ3) is 3.80. The van der Waals surface area contributed by atoms with Gasteiger partial charge in [0.05, 0.1) is 0 Å². The van der Waals surface area contributed by atoms with E-state index in [1.54, 1.807) is 11.3 Å². The zero-order chi connectivity index (χ0) is 11.9. The molecule has 0 fully saturated rings. The highest BCUT2D eigenvalue weighted by Crippen LogP contribution is 2.14. The lowest BCUT2D eigenvalue weighted by atomic mass is 10.2. The van der Waals surface area contributed by atoms with Gasteiger partial charge in [-0.1, -0.05) is 12.1 Å². The van der Waals surface area contributed by atoms with Crippen LogP contribution in [0.25, 0.3) is 0 Å². The van der Waals surface area contributed by atoms with Gasteiger partial charge in [0.25, 0.3) is 0 Å². The number of hydrogen-bond acceptors (Lipinski definition) is 3. The van der Waals surface area contributed by atoms with E-state index in [0.29, 0.717) is 0 Å². The van der Waals surface area contributed by atoms with E-state index < -0.39 is 0 Å². The highest BCUT2D eigenvalue weighted by Gasteiger charge is 2.05. The third-order valence-electron chi connectivity index (χ3n) is 2.50. The first kappa shape index (κ1) is 12.0. The maximum atomic E-state index is 4.04. The fourth-order valence-corrected chi connectivity index (χ4v) is 2.48. The molecule has 0 N–H and O–H groups in total. The predicted molar refractivity (Wildman–Crippen MR) is 72.9 cm³/mol. The second kappa shape index (κ2) is 6.33. The molecule has 2 aromatic rings. The van der Waals surface area contributed by atoms with E-state index in [4.69, 9.17) is 0 Å². The first-order valence-corrected chi connectivity index (χ1v) is 6.51. The Morgan fingerprint density at radius 3 is 2.71 bits per heavy atom. The molecule has 2 nitrogen and oxygen atoms in total. The van der Waals surface area contributed by atoms with E-state index in [-0.39, 0.29) is 0 Å². The topological polar surface area (TPSA) is 16.1 Å². The Morgan fingerprint density at radius 1 is 1.24 bits per heavy atom. The average molecular weight is 244 g/mol. The first-order chi connectivity index (χ1) is 8.38. The Bertz CT molecular complexity index is 437. The van der Waals surface area contributed by atoms with Crippen molar-refractivity contribution in [3.05, 3.63) is 65.1 Å². The highest BCUT2D eigenvalue weighted by atomic mass is 32.1. The normalized spacial score (nSPS) is 10.6. The molecule has 0 spiro atoms. The average Bonchev–Trinajstić information content (AvgIpc) is 2.83. The molecule has 2 heterocycles. The summed E-state index contributed by atoms with van der Waals surface area (Å²) in [5, 5.41) is 2.12. The van der Waals surface area contributed by atoms with Crippen molar-refractivity contribution in [2.24, 2.45) is 0 Å². The number of hydrogen-bond donors (Lipinski definition) is 0. The maximum absolute atomic E-state index is 4.04. The quantitative estimate of drug-likeness (QED) is 0.725. The number of rotatable bonds is 6. The van der Waals surface area contributed by atoms with Crippen LogP contribution in [0.3, 0.4) is 0 Å². The van der Waals surface area contributed by atoms with E-state index in [2.05, 4.69) is 46.1 Å². The molecule has 0 atom stereocenters. The van der Waals surface area contributed by atoms with Crippen molar-refractivity contribution in [1.29, 1.82) is 0 Å². The van der Waals surface area contributed by atoms with Crippen LogP contribution in [-0.2, 0) is 13.1 Å². The van der Waals surface area contributed by atoms with E-state index >= 15 is 0 Å². The SMILES string of the molecule is C=CCN(Cc1ccncc1)Cc1cccs1. The summed E-state index contributed by atoms with van der Waals surface area (Å²) >= 11 is 1.80. The molecule has 88 valence electrons. The van der Waals surface area contributed by atoms with Gasteiger partial charge in [0.1, 0.15) is 0 Å². The first-order valence-electron chi connectivity index (χ1n) is 5.63. The van der Waals surface area contributed by atoms with Crippen LogP contribution in [0.15, 0.2) is 54.7 Å². The van der Waals surface area contributed by atoms with Gasteiger partial charge in [0.2, 0.25) is 0 Å². The predicted octanol–water partition coefficient (Wildman–Crippen LogP) is 3.33. The monoisotopic (exact) mass is 244 g/mol. The molecule has 0 aromatic carbocycles. The van der Waals surface area contributed by atoms with Gasteiger partial charge in [0, 0.05) is 36.9 Å². The number of aromatic nitrogens is 1. The van der Waals surface area contributed by atoms with Gasteiger partial charge in [0.15, 0.2) is 0 Å². The molecule has 2 aromatic heterocycles. The summed E-state index contributed by atoms with van der Waals surface area (Å²) in [5.74, 6) is 0.